The van der Waals surface area contributed by atoms with Gasteiger partial charge in [-0.3, -0.25) is 0 Å². The zero-order chi connectivity index (χ0) is 12.3. The SMILES string of the molecule is COc1ccc(Nc2ccc(N)nc2)cc1Cl. The van der Waals surface area contributed by atoms with Gasteiger partial charge in [-0.25, -0.2) is 4.98 Å². The number of ether oxygens (including phenoxy) is 1. The number of rotatable bonds is 3. The van der Waals surface area contributed by atoms with Crippen molar-refractivity contribution in [3.8, 4) is 5.75 Å². The van der Waals surface area contributed by atoms with Crippen LogP contribution >= 0.6 is 11.6 Å². The van der Waals surface area contributed by atoms with Gasteiger partial charge in [0.15, 0.2) is 0 Å². The lowest BCUT2D eigenvalue weighted by Gasteiger charge is -2.08. The van der Waals surface area contributed by atoms with Crippen LogP contribution in [0.2, 0.25) is 5.02 Å². The average molecular weight is 250 g/mol. The van der Waals surface area contributed by atoms with Crippen molar-refractivity contribution in [1.29, 1.82) is 0 Å². The average Bonchev–Trinajstić information content (AvgIpc) is 2.32. The second-order valence-corrected chi connectivity index (χ2v) is 3.85. The fraction of sp³-hybridized carbons (Fsp3) is 0.0833. The lowest BCUT2D eigenvalue weighted by Crippen LogP contribution is -1.94. The first-order chi connectivity index (χ1) is 8.19. The van der Waals surface area contributed by atoms with E-state index in [1.165, 1.54) is 0 Å². The van der Waals surface area contributed by atoms with Crippen molar-refractivity contribution < 1.29 is 4.74 Å². The number of methoxy groups -OCH3 is 1. The number of hydrogen-bond donors (Lipinski definition) is 2. The molecule has 0 aliphatic rings. The van der Waals surface area contributed by atoms with Crippen LogP contribution in [0.4, 0.5) is 17.2 Å². The molecule has 5 heteroatoms. The van der Waals surface area contributed by atoms with Gasteiger partial charge < -0.3 is 15.8 Å². The zero-order valence-corrected chi connectivity index (χ0v) is 10.0. The number of benzene rings is 1. The number of aromatic nitrogens is 1. The van der Waals surface area contributed by atoms with Gasteiger partial charge in [0.05, 0.1) is 24.0 Å². The molecule has 88 valence electrons. The van der Waals surface area contributed by atoms with Gasteiger partial charge in [0.1, 0.15) is 11.6 Å². The van der Waals surface area contributed by atoms with Gasteiger partial charge >= 0.3 is 0 Å². The molecule has 0 spiro atoms. The maximum absolute atomic E-state index is 6.02. The summed E-state index contributed by atoms with van der Waals surface area (Å²) in [4.78, 5) is 3.99. The van der Waals surface area contributed by atoms with Crippen LogP contribution in [0, 0.1) is 0 Å². The fourth-order valence-corrected chi connectivity index (χ4v) is 1.65. The number of nitrogen functional groups attached to an aromatic ring is 1. The highest BCUT2D eigenvalue weighted by Crippen LogP contribution is 2.28. The fourth-order valence-electron chi connectivity index (χ4n) is 1.39. The molecule has 4 nitrogen and oxygen atoms in total. The van der Waals surface area contributed by atoms with Gasteiger partial charge in [0, 0.05) is 5.69 Å². The van der Waals surface area contributed by atoms with E-state index < -0.39 is 0 Å². The molecule has 0 saturated carbocycles. The Kier molecular flexibility index (Phi) is 3.35. The molecule has 0 bridgehead atoms. The van der Waals surface area contributed by atoms with E-state index in [1.54, 1.807) is 31.5 Å². The summed E-state index contributed by atoms with van der Waals surface area (Å²) in [6.45, 7) is 0. The first kappa shape index (κ1) is 11.5. The molecule has 3 N–H and O–H groups in total. The van der Waals surface area contributed by atoms with E-state index in [4.69, 9.17) is 22.1 Å². The van der Waals surface area contributed by atoms with Crippen LogP contribution < -0.4 is 15.8 Å². The Hall–Kier alpha value is -1.94. The Morgan fingerprint density at radius 3 is 2.59 bits per heavy atom. The maximum Gasteiger partial charge on any atom is 0.137 e. The summed E-state index contributed by atoms with van der Waals surface area (Å²) in [5, 5.41) is 3.72. The van der Waals surface area contributed by atoms with Gasteiger partial charge in [-0.05, 0) is 30.3 Å². The largest absolute Gasteiger partial charge is 0.495 e. The molecule has 0 atom stereocenters. The molecule has 0 aliphatic carbocycles. The molecule has 0 aliphatic heterocycles. The van der Waals surface area contributed by atoms with Crippen molar-refractivity contribution >= 4 is 28.8 Å². The highest BCUT2D eigenvalue weighted by atomic mass is 35.5. The molecule has 2 rings (SSSR count). The summed E-state index contributed by atoms with van der Waals surface area (Å²) in [6, 6.07) is 9.04. The van der Waals surface area contributed by atoms with Crippen molar-refractivity contribution in [2.75, 3.05) is 18.2 Å². The molecule has 17 heavy (non-hydrogen) atoms. The number of hydrogen-bond acceptors (Lipinski definition) is 4. The van der Waals surface area contributed by atoms with Crippen LogP contribution in [0.3, 0.4) is 0 Å². The molecular formula is C12H12ClN3O. The first-order valence-electron chi connectivity index (χ1n) is 5.01. The number of nitrogens with one attached hydrogen (secondary N) is 1. The molecule has 1 heterocycles. The smallest absolute Gasteiger partial charge is 0.137 e. The van der Waals surface area contributed by atoms with E-state index >= 15 is 0 Å². The highest BCUT2D eigenvalue weighted by Gasteiger charge is 2.02. The third-order valence-corrected chi connectivity index (χ3v) is 2.52. The predicted molar refractivity (Wildman–Crippen MR) is 69.9 cm³/mol. The van der Waals surface area contributed by atoms with Crippen LogP contribution in [-0.4, -0.2) is 12.1 Å². The minimum absolute atomic E-state index is 0.489. The lowest BCUT2D eigenvalue weighted by molar-refractivity contribution is 0.415. The monoisotopic (exact) mass is 249 g/mol. The third kappa shape index (κ3) is 2.79. The van der Waals surface area contributed by atoms with Crippen molar-refractivity contribution in [3.05, 3.63) is 41.6 Å². The Morgan fingerprint density at radius 2 is 2.00 bits per heavy atom. The van der Waals surface area contributed by atoms with Crippen LogP contribution in [-0.2, 0) is 0 Å². The van der Waals surface area contributed by atoms with E-state index in [0.29, 0.717) is 16.6 Å². The summed E-state index contributed by atoms with van der Waals surface area (Å²) >= 11 is 6.02. The topological polar surface area (TPSA) is 60.2 Å². The van der Waals surface area contributed by atoms with Crippen LogP contribution in [0.25, 0.3) is 0 Å². The van der Waals surface area contributed by atoms with Crippen LogP contribution in [0.15, 0.2) is 36.5 Å². The van der Waals surface area contributed by atoms with Gasteiger partial charge in [0.25, 0.3) is 0 Å². The first-order valence-corrected chi connectivity index (χ1v) is 5.39. The van der Waals surface area contributed by atoms with Gasteiger partial charge in [-0.2, -0.15) is 0 Å². The molecule has 1 aromatic carbocycles. The van der Waals surface area contributed by atoms with Crippen molar-refractivity contribution in [2.24, 2.45) is 0 Å². The Bertz CT molecular complexity index is 514. The normalized spacial score (nSPS) is 10.0. The van der Waals surface area contributed by atoms with Crippen LogP contribution in [0.1, 0.15) is 0 Å². The minimum atomic E-state index is 0.489. The lowest BCUT2D eigenvalue weighted by atomic mass is 10.3. The number of anilines is 3. The number of pyridine rings is 1. The van der Waals surface area contributed by atoms with Gasteiger partial charge in [-0.15, -0.1) is 0 Å². The highest BCUT2D eigenvalue weighted by molar-refractivity contribution is 6.32. The predicted octanol–water partition coefficient (Wildman–Crippen LogP) is 3.07. The molecule has 0 amide bonds. The number of halogens is 1. The summed E-state index contributed by atoms with van der Waals surface area (Å²) in [5.74, 6) is 1.14. The Balaban J connectivity index is 2.19. The van der Waals surface area contributed by atoms with E-state index in [-0.39, 0.29) is 0 Å². The molecule has 1 aromatic heterocycles. The van der Waals surface area contributed by atoms with Crippen molar-refractivity contribution in [3.63, 3.8) is 0 Å². The standard InChI is InChI=1S/C12H12ClN3O/c1-17-11-4-2-8(6-10(11)13)16-9-3-5-12(14)15-7-9/h2-7,16H,1H3,(H2,14,15). The Labute approximate surface area is 104 Å². The van der Waals surface area contributed by atoms with E-state index in [1.807, 2.05) is 12.1 Å². The number of nitrogens with zero attached hydrogens (tertiary/aromatic N) is 1. The summed E-state index contributed by atoms with van der Waals surface area (Å²) in [5.41, 5.74) is 7.22. The zero-order valence-electron chi connectivity index (χ0n) is 9.27. The van der Waals surface area contributed by atoms with E-state index in [0.717, 1.165) is 11.4 Å². The van der Waals surface area contributed by atoms with Gasteiger partial charge in [-0.1, -0.05) is 11.6 Å². The van der Waals surface area contributed by atoms with E-state index in [9.17, 15) is 0 Å². The number of nitrogens with two attached hydrogens (primary N) is 1. The molecule has 0 saturated heterocycles. The third-order valence-electron chi connectivity index (χ3n) is 2.23. The molecule has 2 aromatic rings. The summed E-state index contributed by atoms with van der Waals surface area (Å²) in [7, 11) is 1.58. The Morgan fingerprint density at radius 1 is 1.24 bits per heavy atom. The molecule has 0 unspecified atom stereocenters. The van der Waals surface area contributed by atoms with Gasteiger partial charge in [0.2, 0.25) is 0 Å². The second kappa shape index (κ2) is 4.93. The maximum atomic E-state index is 6.02. The summed E-state index contributed by atoms with van der Waals surface area (Å²) in [6.07, 6.45) is 1.66. The molecular weight excluding hydrogens is 238 g/mol. The van der Waals surface area contributed by atoms with Crippen molar-refractivity contribution in [1.82, 2.24) is 4.98 Å². The van der Waals surface area contributed by atoms with Crippen molar-refractivity contribution in [2.45, 2.75) is 0 Å². The summed E-state index contributed by atoms with van der Waals surface area (Å²) < 4.78 is 5.08. The molecule has 0 fully saturated rings. The quantitative estimate of drug-likeness (QED) is 0.878. The minimum Gasteiger partial charge on any atom is -0.495 e. The van der Waals surface area contributed by atoms with E-state index in [2.05, 4.69) is 10.3 Å². The second-order valence-electron chi connectivity index (χ2n) is 3.45. The van der Waals surface area contributed by atoms with Crippen LogP contribution in [0.5, 0.6) is 5.75 Å². The molecule has 0 radical (unpaired) electrons.